The minimum absolute atomic E-state index is 0.0749. The molecular formula is C34H53N5O6. The van der Waals surface area contributed by atoms with Gasteiger partial charge in [-0.25, -0.2) is 4.79 Å². The van der Waals surface area contributed by atoms with Crippen molar-refractivity contribution in [3.05, 3.63) is 0 Å². The molecule has 5 fully saturated rings. The van der Waals surface area contributed by atoms with Crippen molar-refractivity contribution in [2.24, 2.45) is 45.7 Å². The van der Waals surface area contributed by atoms with Crippen LogP contribution < -0.4 is 21.7 Å². The molecule has 5 amide bonds. The maximum absolute atomic E-state index is 14.3. The first-order valence-corrected chi connectivity index (χ1v) is 17.0. The number of rotatable bonds is 12. The van der Waals surface area contributed by atoms with Crippen LogP contribution >= 0.6 is 0 Å². The molecule has 5 aliphatic rings. The lowest BCUT2D eigenvalue weighted by Crippen LogP contribution is -2.62. The maximum Gasteiger partial charge on any atom is 0.316 e. The summed E-state index contributed by atoms with van der Waals surface area (Å²) in [7, 11) is 0. The molecule has 1 saturated heterocycles. The third-order valence-corrected chi connectivity index (χ3v) is 11.6. The quantitative estimate of drug-likeness (QED) is 0.243. The van der Waals surface area contributed by atoms with E-state index >= 15 is 0 Å². The molecule has 45 heavy (non-hydrogen) atoms. The SMILES string of the molecule is CC1(C(=O)[C@@H](NC(=O)N[C@H](C(=O)N2C[C@H]3[C@@H]([C@H]2C(=O)NC(CC2CC2)C(=O)C(N)=O)C3(C)C)C(C)(C)C)C2CCCCC2)CC1. The largest absolute Gasteiger partial charge is 0.363 e. The molecular weight excluding hydrogens is 574 g/mol. The van der Waals surface area contributed by atoms with E-state index in [1.54, 1.807) is 4.90 Å². The zero-order valence-electron chi connectivity index (χ0n) is 27.9. The van der Waals surface area contributed by atoms with Crippen molar-refractivity contribution in [1.82, 2.24) is 20.9 Å². The zero-order valence-corrected chi connectivity index (χ0v) is 27.9. The van der Waals surface area contributed by atoms with Crippen molar-refractivity contribution < 1.29 is 28.8 Å². The summed E-state index contributed by atoms with van der Waals surface area (Å²) < 4.78 is 0. The number of ketones is 2. The Morgan fingerprint density at radius 2 is 1.51 bits per heavy atom. The summed E-state index contributed by atoms with van der Waals surface area (Å²) in [5.74, 6) is -2.39. The van der Waals surface area contributed by atoms with E-state index in [4.69, 9.17) is 5.73 Å². The summed E-state index contributed by atoms with van der Waals surface area (Å²) in [6.07, 6.45) is 8.81. The minimum atomic E-state index is -1.09. The molecule has 0 radical (unpaired) electrons. The number of nitrogens with zero attached hydrogens (tertiary/aromatic N) is 1. The Kier molecular flexibility index (Phi) is 8.90. The topological polar surface area (TPSA) is 168 Å². The van der Waals surface area contributed by atoms with E-state index in [2.05, 4.69) is 29.8 Å². The molecule has 1 aliphatic heterocycles. The van der Waals surface area contributed by atoms with Crippen LogP contribution in [-0.4, -0.2) is 70.9 Å². The van der Waals surface area contributed by atoms with E-state index in [0.29, 0.717) is 13.0 Å². The molecule has 0 aromatic carbocycles. The van der Waals surface area contributed by atoms with E-state index in [-0.39, 0.29) is 40.8 Å². The van der Waals surface area contributed by atoms with E-state index in [9.17, 15) is 28.8 Å². The van der Waals surface area contributed by atoms with Gasteiger partial charge in [-0.05, 0) is 66.6 Å². The molecule has 5 rings (SSSR count). The van der Waals surface area contributed by atoms with Crippen LogP contribution in [0.25, 0.3) is 0 Å². The van der Waals surface area contributed by atoms with Crippen molar-refractivity contribution in [3.63, 3.8) is 0 Å². The molecule has 11 heteroatoms. The van der Waals surface area contributed by atoms with Crippen LogP contribution in [0.2, 0.25) is 0 Å². The van der Waals surface area contributed by atoms with Crippen molar-refractivity contribution in [2.45, 2.75) is 130 Å². The van der Waals surface area contributed by atoms with Crippen LogP contribution in [0.5, 0.6) is 0 Å². The highest BCUT2D eigenvalue weighted by atomic mass is 16.2. The molecule has 0 aromatic rings. The Bertz CT molecular complexity index is 1240. The fourth-order valence-electron chi connectivity index (χ4n) is 7.96. The fourth-order valence-corrected chi connectivity index (χ4v) is 7.96. The van der Waals surface area contributed by atoms with Gasteiger partial charge in [0.2, 0.25) is 17.6 Å². The van der Waals surface area contributed by atoms with Gasteiger partial charge < -0.3 is 26.6 Å². The molecule has 0 aromatic heterocycles. The number of fused-ring (bicyclic) bond motifs is 1. The van der Waals surface area contributed by atoms with Gasteiger partial charge in [-0.15, -0.1) is 0 Å². The minimum Gasteiger partial charge on any atom is -0.363 e. The molecule has 250 valence electrons. The highest BCUT2D eigenvalue weighted by molar-refractivity contribution is 6.37. The number of carbonyl (C=O) groups excluding carboxylic acids is 6. The van der Waals surface area contributed by atoms with Crippen LogP contribution in [-0.2, 0) is 24.0 Å². The number of likely N-dealkylation sites (tertiary alicyclic amines) is 1. The molecule has 4 saturated carbocycles. The number of hydrogen-bond acceptors (Lipinski definition) is 6. The number of Topliss-reactive ketones (excluding diaryl/α,β-unsaturated/α-hetero) is 2. The number of piperidine rings is 1. The summed E-state index contributed by atoms with van der Waals surface area (Å²) in [5, 5.41) is 8.68. The van der Waals surface area contributed by atoms with Gasteiger partial charge in [-0.2, -0.15) is 0 Å². The zero-order chi connectivity index (χ0) is 33.1. The van der Waals surface area contributed by atoms with Gasteiger partial charge >= 0.3 is 6.03 Å². The molecule has 0 spiro atoms. The van der Waals surface area contributed by atoms with Crippen LogP contribution in [0, 0.1) is 39.9 Å². The number of urea groups is 1. The lowest BCUT2D eigenvalue weighted by molar-refractivity contribution is -0.145. The first-order chi connectivity index (χ1) is 21.0. The van der Waals surface area contributed by atoms with Gasteiger partial charge in [-0.1, -0.05) is 73.6 Å². The second-order valence-electron chi connectivity index (χ2n) is 16.6. The monoisotopic (exact) mass is 627 g/mol. The van der Waals surface area contributed by atoms with E-state index in [1.165, 1.54) is 0 Å². The van der Waals surface area contributed by atoms with Crippen LogP contribution in [0.15, 0.2) is 0 Å². The third kappa shape index (κ3) is 6.92. The van der Waals surface area contributed by atoms with E-state index in [1.807, 2.05) is 27.7 Å². The lowest BCUT2D eigenvalue weighted by atomic mass is 9.79. The normalized spacial score (nSPS) is 28.6. The molecule has 0 bridgehead atoms. The number of nitrogens with two attached hydrogens (primary N) is 1. The Labute approximate surface area is 266 Å². The van der Waals surface area contributed by atoms with Gasteiger partial charge in [0.1, 0.15) is 12.1 Å². The van der Waals surface area contributed by atoms with Gasteiger partial charge in [0.25, 0.3) is 5.91 Å². The Morgan fingerprint density at radius 3 is 2.04 bits per heavy atom. The number of amides is 5. The second-order valence-corrected chi connectivity index (χ2v) is 16.6. The summed E-state index contributed by atoms with van der Waals surface area (Å²) in [4.78, 5) is 81.3. The average Bonchev–Trinajstić information content (AvgIpc) is 3.93. The summed E-state index contributed by atoms with van der Waals surface area (Å²) in [5.41, 5.74) is 4.03. The number of nitrogens with one attached hydrogen (secondary N) is 3. The smallest absolute Gasteiger partial charge is 0.316 e. The molecule has 5 N–H and O–H groups in total. The van der Waals surface area contributed by atoms with Crippen LogP contribution in [0.3, 0.4) is 0 Å². The van der Waals surface area contributed by atoms with Gasteiger partial charge in [-0.3, -0.25) is 24.0 Å². The Balaban J connectivity index is 1.33. The van der Waals surface area contributed by atoms with Crippen molar-refractivity contribution >= 4 is 35.3 Å². The van der Waals surface area contributed by atoms with Crippen LogP contribution in [0.4, 0.5) is 4.79 Å². The van der Waals surface area contributed by atoms with E-state index in [0.717, 1.165) is 57.8 Å². The number of carbonyl (C=O) groups is 6. The van der Waals surface area contributed by atoms with Crippen molar-refractivity contribution in [2.75, 3.05) is 6.54 Å². The summed E-state index contributed by atoms with van der Waals surface area (Å²) in [6, 6.07) is -4.00. The molecule has 6 atom stereocenters. The Hall–Kier alpha value is -2.98. The van der Waals surface area contributed by atoms with Crippen molar-refractivity contribution in [3.8, 4) is 0 Å². The predicted molar refractivity (Wildman–Crippen MR) is 167 cm³/mol. The predicted octanol–water partition coefficient (Wildman–Crippen LogP) is 2.84. The lowest BCUT2D eigenvalue weighted by Gasteiger charge is -2.38. The number of primary amides is 1. The number of hydrogen-bond donors (Lipinski definition) is 4. The summed E-state index contributed by atoms with van der Waals surface area (Å²) in [6.45, 7) is 12.0. The van der Waals surface area contributed by atoms with Crippen LogP contribution in [0.1, 0.15) is 106 Å². The van der Waals surface area contributed by atoms with Gasteiger partial charge in [0.15, 0.2) is 5.78 Å². The highest BCUT2D eigenvalue weighted by Crippen LogP contribution is 2.65. The van der Waals surface area contributed by atoms with Crippen molar-refractivity contribution in [1.29, 1.82) is 0 Å². The standard InChI is InChI=1S/C34H53N5O6/c1-32(2,3)26(38-31(45)37-23(19-10-8-7-9-11-19)27(41)34(6)14-15-34)30(44)39-17-20-22(33(20,4)5)24(39)29(43)36-21(16-18-12-13-18)25(40)28(35)42/h18-24,26H,7-17H2,1-6H3,(H2,35,42)(H,36,43)(H2,37,38,45)/t20-,21?,22-,23-,24-,26+/m0/s1. The Morgan fingerprint density at radius 1 is 0.889 bits per heavy atom. The van der Waals surface area contributed by atoms with E-state index < -0.39 is 58.6 Å². The fraction of sp³-hybridized carbons (Fsp3) is 0.824. The first-order valence-electron chi connectivity index (χ1n) is 17.0. The maximum atomic E-state index is 14.3. The highest BCUT2D eigenvalue weighted by Gasteiger charge is 2.70. The third-order valence-electron chi connectivity index (χ3n) is 11.6. The first kappa shape index (κ1) is 33.4. The summed E-state index contributed by atoms with van der Waals surface area (Å²) >= 11 is 0. The molecule has 11 nitrogen and oxygen atoms in total. The van der Waals surface area contributed by atoms with Gasteiger partial charge in [0.05, 0.1) is 12.1 Å². The second kappa shape index (κ2) is 12.0. The van der Waals surface area contributed by atoms with Gasteiger partial charge in [0, 0.05) is 12.0 Å². The average molecular weight is 628 g/mol. The molecule has 1 heterocycles. The molecule has 1 unspecified atom stereocenters. The molecule has 4 aliphatic carbocycles.